The van der Waals surface area contributed by atoms with Crippen LogP contribution in [0, 0.1) is 29.1 Å². The molecule has 12 unspecified atom stereocenters. The maximum absolute atomic E-state index is 14.1. The summed E-state index contributed by atoms with van der Waals surface area (Å²) in [6.07, 6.45) is -1.03. The van der Waals surface area contributed by atoms with Crippen molar-refractivity contribution in [1.82, 2.24) is 4.98 Å². The summed E-state index contributed by atoms with van der Waals surface area (Å²) in [7, 11) is 0. The molecule has 5 rings (SSSR count). The van der Waals surface area contributed by atoms with Gasteiger partial charge in [-0.25, -0.2) is 4.79 Å². The van der Waals surface area contributed by atoms with Crippen molar-refractivity contribution in [2.24, 2.45) is 29.1 Å². The first-order valence-electron chi connectivity index (χ1n) is 16.4. The smallest absolute Gasteiger partial charge is 0.340 e. The summed E-state index contributed by atoms with van der Waals surface area (Å²) in [5, 5.41) is 0. The summed E-state index contributed by atoms with van der Waals surface area (Å²) in [5.74, 6) is -8.17. The van der Waals surface area contributed by atoms with E-state index in [0.29, 0.717) is 5.57 Å². The highest BCUT2D eigenvalue weighted by atomic mass is 16.7. The van der Waals surface area contributed by atoms with E-state index in [2.05, 4.69) is 11.6 Å². The zero-order valence-electron chi connectivity index (χ0n) is 29.3. The van der Waals surface area contributed by atoms with E-state index in [-0.39, 0.29) is 12.0 Å². The highest BCUT2D eigenvalue weighted by molar-refractivity contribution is 5.89. The van der Waals surface area contributed by atoms with Crippen LogP contribution in [0.5, 0.6) is 0 Å². The fraction of sp³-hybridized carbons (Fsp3) is 0.583. The molecule has 1 saturated heterocycles. The molecule has 50 heavy (non-hydrogen) atoms. The summed E-state index contributed by atoms with van der Waals surface area (Å²) in [6, 6.07) is 3.03. The Labute approximate surface area is 289 Å². The average Bonchev–Trinajstić information content (AvgIpc) is 3.40. The van der Waals surface area contributed by atoms with E-state index in [0.717, 1.165) is 13.8 Å². The van der Waals surface area contributed by atoms with E-state index in [1.54, 1.807) is 39.0 Å². The predicted molar refractivity (Wildman–Crippen MR) is 170 cm³/mol. The van der Waals surface area contributed by atoms with Gasteiger partial charge in [0.2, 0.25) is 6.29 Å². The highest BCUT2D eigenvalue weighted by Crippen LogP contribution is 2.70. The number of esters is 6. The van der Waals surface area contributed by atoms with Gasteiger partial charge in [-0.1, -0.05) is 25.2 Å². The van der Waals surface area contributed by atoms with Crippen LogP contribution in [0.1, 0.15) is 72.2 Å². The molecule has 2 bridgehead atoms. The molecular formula is C36H43NO13. The first-order valence-corrected chi connectivity index (χ1v) is 16.4. The molecule has 3 aliphatic carbocycles. The minimum Gasteiger partial charge on any atom is -0.462 e. The second-order valence-electron chi connectivity index (χ2n) is 13.9. The second kappa shape index (κ2) is 13.3. The lowest BCUT2D eigenvalue weighted by molar-refractivity contribution is -0.286. The Balaban J connectivity index is 1.96. The van der Waals surface area contributed by atoms with Gasteiger partial charge >= 0.3 is 35.8 Å². The molecule has 12 atom stereocenters. The van der Waals surface area contributed by atoms with Gasteiger partial charge in [-0.3, -0.25) is 29.0 Å². The SMILES string of the molecule is C=C(C)C1C=CC(OC(C)=O)C23C(OC(C)=O)OC(C)(C(OC(=O)c4cccnc4)C4(OC(C)=O)CC(C)C(OC(C)=O)C4C2OC(C)=O)C13. The third kappa shape index (κ3) is 5.86. The van der Waals surface area contributed by atoms with Crippen molar-refractivity contribution < 1.29 is 61.9 Å². The standard InChI is InChI=1S/C36H43NO13/c1-17(2)25-12-13-26(44-19(4)38)36-29(25)34(9,50-33(36)47-22(7)41)32(48-31(43)24-11-10-14-37-16-24)35(49-23(8)42)15-18(3)28(45-20(5)39)27(35)30(36)46-21(6)40/h10-14,16,18,25-30,32-33H,1,15H2,2-9H3. The van der Waals surface area contributed by atoms with Crippen LogP contribution in [0.4, 0.5) is 0 Å². The molecule has 0 aromatic carbocycles. The number of fused-ring (bicyclic) bond motifs is 1. The van der Waals surface area contributed by atoms with E-state index in [4.69, 9.17) is 33.2 Å². The average molecular weight is 698 g/mol. The van der Waals surface area contributed by atoms with Crippen molar-refractivity contribution >= 4 is 35.8 Å². The summed E-state index contributed by atoms with van der Waals surface area (Å²) in [6.45, 7) is 15.3. The van der Waals surface area contributed by atoms with Gasteiger partial charge in [0.05, 0.1) is 11.5 Å². The molecule has 14 heteroatoms. The Morgan fingerprint density at radius 2 is 1.50 bits per heavy atom. The number of carbonyl (C=O) groups is 6. The number of aromatic nitrogens is 1. The fourth-order valence-electron chi connectivity index (χ4n) is 9.21. The summed E-state index contributed by atoms with van der Waals surface area (Å²) >= 11 is 0. The number of pyridine rings is 1. The number of hydrogen-bond donors (Lipinski definition) is 0. The molecule has 1 aromatic heterocycles. The van der Waals surface area contributed by atoms with E-state index in [1.165, 1.54) is 39.2 Å². The topological polar surface area (TPSA) is 180 Å². The van der Waals surface area contributed by atoms with Crippen molar-refractivity contribution in [3.63, 3.8) is 0 Å². The normalized spacial score (nSPS) is 38.0. The number of rotatable bonds is 8. The highest BCUT2D eigenvalue weighted by Gasteiger charge is 2.85. The van der Waals surface area contributed by atoms with Gasteiger partial charge in [-0.05, 0) is 44.4 Å². The Bertz CT molecular complexity index is 1620. The fourth-order valence-corrected chi connectivity index (χ4v) is 9.21. The lowest BCUT2D eigenvalue weighted by Gasteiger charge is -2.52. The molecule has 0 spiro atoms. The Kier molecular flexibility index (Phi) is 9.74. The third-order valence-corrected chi connectivity index (χ3v) is 10.4. The van der Waals surface area contributed by atoms with Gasteiger partial charge in [0.1, 0.15) is 29.3 Å². The van der Waals surface area contributed by atoms with E-state index in [9.17, 15) is 28.8 Å². The van der Waals surface area contributed by atoms with E-state index < -0.39 is 107 Å². The quantitative estimate of drug-likeness (QED) is 0.219. The molecule has 14 nitrogen and oxygen atoms in total. The van der Waals surface area contributed by atoms with E-state index in [1.807, 2.05) is 0 Å². The molecule has 0 amide bonds. The van der Waals surface area contributed by atoms with Crippen molar-refractivity contribution in [2.75, 3.05) is 0 Å². The minimum atomic E-state index is -1.90. The van der Waals surface area contributed by atoms with Crippen LogP contribution in [0.3, 0.4) is 0 Å². The summed E-state index contributed by atoms with van der Waals surface area (Å²) < 4.78 is 43.7. The van der Waals surface area contributed by atoms with Crippen LogP contribution in [0.15, 0.2) is 48.8 Å². The molecule has 2 saturated carbocycles. The Morgan fingerprint density at radius 3 is 2.04 bits per heavy atom. The molecule has 270 valence electrons. The molecular weight excluding hydrogens is 654 g/mol. The van der Waals surface area contributed by atoms with Gasteiger partial charge in [-0.15, -0.1) is 0 Å². The van der Waals surface area contributed by atoms with Crippen LogP contribution in [-0.2, 0) is 57.1 Å². The Morgan fingerprint density at radius 1 is 0.860 bits per heavy atom. The van der Waals surface area contributed by atoms with Crippen LogP contribution in [-0.4, -0.2) is 82.7 Å². The zero-order valence-corrected chi connectivity index (χ0v) is 29.3. The van der Waals surface area contributed by atoms with Gasteiger partial charge in [0.25, 0.3) is 0 Å². The van der Waals surface area contributed by atoms with Crippen molar-refractivity contribution in [2.45, 2.75) is 104 Å². The van der Waals surface area contributed by atoms with Crippen LogP contribution >= 0.6 is 0 Å². The Hall–Kier alpha value is -4.59. The van der Waals surface area contributed by atoms with Crippen molar-refractivity contribution in [1.29, 1.82) is 0 Å². The van der Waals surface area contributed by atoms with Gasteiger partial charge < -0.3 is 33.2 Å². The molecule has 1 aliphatic heterocycles. The number of hydrogen-bond acceptors (Lipinski definition) is 14. The van der Waals surface area contributed by atoms with Crippen molar-refractivity contribution in [3.05, 3.63) is 54.4 Å². The first kappa shape index (κ1) is 36.7. The van der Waals surface area contributed by atoms with Gasteiger partial charge in [0, 0.05) is 58.8 Å². The molecule has 0 N–H and O–H groups in total. The van der Waals surface area contributed by atoms with Crippen molar-refractivity contribution in [3.8, 4) is 0 Å². The lowest BCUT2D eigenvalue weighted by Crippen LogP contribution is -2.66. The largest absolute Gasteiger partial charge is 0.462 e. The zero-order chi connectivity index (χ0) is 36.9. The first-order chi connectivity index (χ1) is 23.4. The monoisotopic (exact) mass is 697 g/mol. The number of nitrogens with zero attached hydrogens (tertiary/aromatic N) is 1. The van der Waals surface area contributed by atoms with Gasteiger partial charge in [0.15, 0.2) is 11.7 Å². The number of allylic oxidation sites excluding steroid dienone is 2. The summed E-state index contributed by atoms with van der Waals surface area (Å²) in [4.78, 5) is 83.1. The summed E-state index contributed by atoms with van der Waals surface area (Å²) in [5.41, 5.74) is -4.83. The molecule has 4 aliphatic rings. The predicted octanol–water partition coefficient (Wildman–Crippen LogP) is 3.42. The second-order valence-corrected chi connectivity index (χ2v) is 13.9. The maximum Gasteiger partial charge on any atom is 0.340 e. The van der Waals surface area contributed by atoms with Crippen LogP contribution in [0.25, 0.3) is 0 Å². The maximum atomic E-state index is 14.1. The van der Waals surface area contributed by atoms with Crippen LogP contribution in [0.2, 0.25) is 0 Å². The molecule has 0 radical (unpaired) electrons. The molecule has 1 aromatic rings. The van der Waals surface area contributed by atoms with Gasteiger partial charge in [-0.2, -0.15) is 0 Å². The van der Waals surface area contributed by atoms with E-state index >= 15 is 0 Å². The lowest BCUT2D eigenvalue weighted by atomic mass is 9.54. The number of ether oxygens (including phenoxy) is 7. The molecule has 3 fully saturated rings. The number of carbonyl (C=O) groups excluding carboxylic acids is 6. The minimum absolute atomic E-state index is 0.0542. The molecule has 2 heterocycles. The third-order valence-electron chi connectivity index (χ3n) is 10.4. The van der Waals surface area contributed by atoms with Crippen LogP contribution < -0.4 is 0 Å².